The summed E-state index contributed by atoms with van der Waals surface area (Å²) in [5.41, 5.74) is 1.85. The van der Waals surface area contributed by atoms with Crippen LogP contribution in [0.3, 0.4) is 0 Å². The van der Waals surface area contributed by atoms with E-state index in [-0.39, 0.29) is 11.8 Å². The molecule has 8 heteroatoms. The van der Waals surface area contributed by atoms with Crippen LogP contribution in [-0.4, -0.2) is 34.2 Å². The molecule has 1 fully saturated rings. The van der Waals surface area contributed by atoms with Crippen LogP contribution in [0.4, 0.5) is 11.6 Å². The van der Waals surface area contributed by atoms with E-state index in [0.29, 0.717) is 5.82 Å². The van der Waals surface area contributed by atoms with Gasteiger partial charge in [0.1, 0.15) is 11.5 Å². The highest BCUT2D eigenvalue weighted by Gasteiger charge is 2.26. The topological polar surface area (TPSA) is 71.0 Å². The Labute approximate surface area is 176 Å². The Balaban J connectivity index is 1.35. The lowest BCUT2D eigenvalue weighted by molar-refractivity contribution is -0.120. The minimum Gasteiger partial charge on any atom is -0.355 e. The smallest absolute Gasteiger partial charge is 0.228 e. The van der Waals surface area contributed by atoms with Gasteiger partial charge in [0.15, 0.2) is 5.82 Å². The molecule has 6 nitrogen and oxygen atoms in total. The van der Waals surface area contributed by atoms with Gasteiger partial charge in [-0.2, -0.15) is 0 Å². The average molecular weight is 458 g/mol. The van der Waals surface area contributed by atoms with E-state index in [1.165, 1.54) is 0 Å². The Morgan fingerprint density at radius 2 is 2.00 bits per heavy atom. The number of carbonyl (C=O) groups excluding carboxylic acids is 1. The van der Waals surface area contributed by atoms with Crippen molar-refractivity contribution in [1.29, 1.82) is 0 Å². The highest BCUT2D eigenvalue weighted by Crippen LogP contribution is 2.30. The van der Waals surface area contributed by atoms with E-state index < -0.39 is 0 Å². The molecular weight excluding hydrogens is 438 g/mol. The summed E-state index contributed by atoms with van der Waals surface area (Å²) in [7, 11) is 0. The fraction of sp³-hybridized carbons (Fsp3) is 0.300. The maximum absolute atomic E-state index is 12.6. The SMILES string of the molecule is Cc1cccnc1NC(=O)C1CCN(c2ccc(-c3ccc(Br)s3)nn2)CC1. The van der Waals surface area contributed by atoms with Gasteiger partial charge in [0, 0.05) is 25.2 Å². The second kappa shape index (κ2) is 8.36. The number of nitrogens with one attached hydrogen (secondary N) is 1. The number of aromatic nitrogens is 3. The Morgan fingerprint density at radius 1 is 1.18 bits per heavy atom. The molecule has 1 aliphatic heterocycles. The molecule has 0 saturated carbocycles. The number of piperidine rings is 1. The first-order valence-corrected chi connectivity index (χ1v) is 10.8. The van der Waals surface area contributed by atoms with Crippen molar-refractivity contribution < 1.29 is 4.79 Å². The third-order valence-corrected chi connectivity index (χ3v) is 6.56. The van der Waals surface area contributed by atoms with Crippen molar-refractivity contribution in [2.45, 2.75) is 19.8 Å². The zero-order chi connectivity index (χ0) is 19.5. The molecule has 0 aromatic carbocycles. The Morgan fingerprint density at radius 3 is 2.64 bits per heavy atom. The first-order valence-electron chi connectivity index (χ1n) is 9.17. The van der Waals surface area contributed by atoms with Crippen LogP contribution in [0.2, 0.25) is 0 Å². The predicted molar refractivity (Wildman–Crippen MR) is 116 cm³/mol. The molecule has 1 saturated heterocycles. The molecule has 3 aromatic rings. The summed E-state index contributed by atoms with van der Waals surface area (Å²) in [6.45, 7) is 3.53. The van der Waals surface area contributed by atoms with Gasteiger partial charge < -0.3 is 10.2 Å². The zero-order valence-electron chi connectivity index (χ0n) is 15.4. The zero-order valence-corrected chi connectivity index (χ0v) is 17.8. The number of carbonyl (C=O) groups is 1. The number of rotatable bonds is 4. The van der Waals surface area contributed by atoms with Crippen LogP contribution in [-0.2, 0) is 4.79 Å². The Kier molecular flexibility index (Phi) is 5.68. The van der Waals surface area contributed by atoms with Gasteiger partial charge >= 0.3 is 0 Å². The van der Waals surface area contributed by atoms with E-state index >= 15 is 0 Å². The molecule has 0 bridgehead atoms. The number of aryl methyl sites for hydroxylation is 1. The number of nitrogens with zero attached hydrogens (tertiary/aromatic N) is 4. The summed E-state index contributed by atoms with van der Waals surface area (Å²) in [4.78, 5) is 20.1. The van der Waals surface area contributed by atoms with Crippen molar-refractivity contribution in [2.75, 3.05) is 23.3 Å². The summed E-state index contributed by atoms with van der Waals surface area (Å²) in [6.07, 6.45) is 3.28. The number of amides is 1. The van der Waals surface area contributed by atoms with Gasteiger partial charge in [0.2, 0.25) is 5.91 Å². The van der Waals surface area contributed by atoms with Crippen molar-refractivity contribution in [3.63, 3.8) is 0 Å². The lowest BCUT2D eigenvalue weighted by Gasteiger charge is -2.31. The van der Waals surface area contributed by atoms with Crippen LogP contribution in [0.1, 0.15) is 18.4 Å². The van der Waals surface area contributed by atoms with E-state index in [0.717, 1.165) is 51.7 Å². The molecule has 0 atom stereocenters. The van der Waals surface area contributed by atoms with Gasteiger partial charge in [-0.15, -0.1) is 21.5 Å². The van der Waals surface area contributed by atoms with Crippen LogP contribution in [0, 0.1) is 12.8 Å². The van der Waals surface area contributed by atoms with Gasteiger partial charge in [-0.3, -0.25) is 4.79 Å². The van der Waals surface area contributed by atoms with E-state index in [2.05, 4.69) is 41.3 Å². The van der Waals surface area contributed by atoms with Gasteiger partial charge in [-0.05, 0) is 71.6 Å². The van der Waals surface area contributed by atoms with Crippen LogP contribution >= 0.6 is 27.3 Å². The molecule has 1 amide bonds. The van der Waals surface area contributed by atoms with Crippen LogP contribution in [0.25, 0.3) is 10.6 Å². The second-order valence-electron chi connectivity index (χ2n) is 6.80. The summed E-state index contributed by atoms with van der Waals surface area (Å²) >= 11 is 5.11. The lowest BCUT2D eigenvalue weighted by atomic mass is 9.96. The maximum Gasteiger partial charge on any atom is 0.228 e. The number of halogens is 1. The molecule has 3 aromatic heterocycles. The molecule has 144 valence electrons. The number of hydrogen-bond donors (Lipinski definition) is 1. The van der Waals surface area contributed by atoms with Crippen LogP contribution < -0.4 is 10.2 Å². The van der Waals surface area contributed by atoms with E-state index in [9.17, 15) is 4.79 Å². The highest BCUT2D eigenvalue weighted by atomic mass is 79.9. The third kappa shape index (κ3) is 4.23. The fourth-order valence-electron chi connectivity index (χ4n) is 3.28. The predicted octanol–water partition coefficient (Wildman–Crippen LogP) is 4.53. The Hall–Kier alpha value is -2.32. The molecule has 0 aliphatic carbocycles. The average Bonchev–Trinajstić information content (AvgIpc) is 3.16. The monoisotopic (exact) mass is 457 g/mol. The number of hydrogen-bond acceptors (Lipinski definition) is 6. The van der Waals surface area contributed by atoms with Gasteiger partial charge in [-0.1, -0.05) is 6.07 Å². The molecule has 1 aliphatic rings. The van der Waals surface area contributed by atoms with Crippen molar-refractivity contribution in [1.82, 2.24) is 15.2 Å². The summed E-state index contributed by atoms with van der Waals surface area (Å²) in [5.74, 6) is 1.55. The summed E-state index contributed by atoms with van der Waals surface area (Å²) < 4.78 is 1.08. The van der Waals surface area contributed by atoms with Gasteiger partial charge in [0.05, 0.1) is 8.66 Å². The summed E-state index contributed by atoms with van der Waals surface area (Å²) in [6, 6.07) is 11.9. The molecule has 4 rings (SSSR count). The van der Waals surface area contributed by atoms with Crippen molar-refractivity contribution >= 4 is 44.8 Å². The molecule has 28 heavy (non-hydrogen) atoms. The first kappa shape index (κ1) is 19.0. The quantitative estimate of drug-likeness (QED) is 0.622. The molecule has 4 heterocycles. The van der Waals surface area contributed by atoms with E-state index in [1.54, 1.807) is 17.5 Å². The number of pyridine rings is 1. The summed E-state index contributed by atoms with van der Waals surface area (Å²) in [5, 5.41) is 11.7. The minimum absolute atomic E-state index is 0.00615. The second-order valence-corrected chi connectivity index (χ2v) is 9.26. The molecular formula is C20H20BrN5OS. The molecule has 0 radical (unpaired) electrons. The molecule has 0 unspecified atom stereocenters. The maximum atomic E-state index is 12.6. The minimum atomic E-state index is -0.00615. The van der Waals surface area contributed by atoms with Gasteiger partial charge in [-0.25, -0.2) is 4.98 Å². The van der Waals surface area contributed by atoms with Crippen LogP contribution in [0.5, 0.6) is 0 Å². The van der Waals surface area contributed by atoms with Crippen molar-refractivity contribution in [3.05, 3.63) is 51.9 Å². The Bertz CT molecular complexity index is 967. The number of thiophene rings is 1. The van der Waals surface area contributed by atoms with Gasteiger partial charge in [0.25, 0.3) is 0 Å². The van der Waals surface area contributed by atoms with E-state index in [1.807, 2.05) is 43.3 Å². The van der Waals surface area contributed by atoms with Crippen LogP contribution in [0.15, 0.2) is 46.4 Å². The van der Waals surface area contributed by atoms with Crippen molar-refractivity contribution in [2.24, 2.45) is 5.92 Å². The van der Waals surface area contributed by atoms with Crippen molar-refractivity contribution in [3.8, 4) is 10.6 Å². The largest absolute Gasteiger partial charge is 0.355 e. The molecule has 0 spiro atoms. The number of anilines is 2. The lowest BCUT2D eigenvalue weighted by Crippen LogP contribution is -2.38. The molecule has 1 N–H and O–H groups in total. The fourth-order valence-corrected chi connectivity index (χ4v) is 4.63. The normalized spacial score (nSPS) is 14.9. The first-order chi connectivity index (χ1) is 13.6. The third-order valence-electron chi connectivity index (χ3n) is 4.92. The van der Waals surface area contributed by atoms with E-state index in [4.69, 9.17) is 0 Å². The highest BCUT2D eigenvalue weighted by molar-refractivity contribution is 9.11. The standard InChI is InChI=1S/C20H20BrN5OS/c1-13-3-2-10-22-19(13)23-20(27)14-8-11-26(12-9-14)18-7-4-15(24-25-18)16-5-6-17(21)28-16/h2-7,10,14H,8-9,11-12H2,1H3,(H,22,23,27).